The van der Waals surface area contributed by atoms with Gasteiger partial charge in [-0.1, -0.05) is 48.5 Å². The fourth-order valence-corrected chi connectivity index (χ4v) is 5.12. The van der Waals surface area contributed by atoms with Crippen LogP contribution in [-0.4, -0.2) is 26.8 Å². The minimum atomic E-state index is -0.317. The van der Waals surface area contributed by atoms with E-state index in [2.05, 4.69) is 9.97 Å². The summed E-state index contributed by atoms with van der Waals surface area (Å²) in [6.45, 7) is 2.00. The first-order valence-electron chi connectivity index (χ1n) is 10.6. The van der Waals surface area contributed by atoms with E-state index in [4.69, 9.17) is 0 Å². The normalized spacial score (nSPS) is 13.4. The smallest absolute Gasteiger partial charge is 0.264 e. The first-order valence-corrected chi connectivity index (χ1v) is 11.4. The number of nitrogens with zero attached hydrogens (tertiary/aromatic N) is 2. The molecule has 2 heterocycles. The average molecular weight is 448 g/mol. The quantitative estimate of drug-likeness (QED) is 0.461. The Balaban J connectivity index is 1.49. The largest absolute Gasteiger partial charge is 0.331 e. The number of fused-ring (bicyclic) bond motifs is 1. The molecule has 1 fully saturated rings. The second-order valence-electron chi connectivity index (χ2n) is 8.17. The lowest BCUT2D eigenvalue weighted by atomic mass is 10.1. The van der Waals surface area contributed by atoms with Crippen molar-refractivity contribution < 1.29 is 9.18 Å². The highest BCUT2D eigenvalue weighted by molar-refractivity contribution is 7.20. The van der Waals surface area contributed by atoms with Crippen molar-refractivity contribution in [1.82, 2.24) is 14.9 Å². The van der Waals surface area contributed by atoms with Gasteiger partial charge in [0.1, 0.15) is 16.5 Å². The van der Waals surface area contributed by atoms with Crippen LogP contribution in [0.1, 0.15) is 45.0 Å². The maximum atomic E-state index is 14.2. The Kier molecular flexibility index (Phi) is 5.35. The zero-order valence-corrected chi connectivity index (χ0v) is 18.4. The van der Waals surface area contributed by atoms with Crippen LogP contribution in [0.5, 0.6) is 0 Å². The summed E-state index contributed by atoms with van der Waals surface area (Å²) in [5.74, 6) is 0.0855. The van der Waals surface area contributed by atoms with Crippen molar-refractivity contribution in [3.8, 4) is 0 Å². The summed E-state index contributed by atoms with van der Waals surface area (Å²) in [4.78, 5) is 36.6. The van der Waals surface area contributed by atoms with Crippen LogP contribution in [0.3, 0.4) is 0 Å². The number of rotatable bonds is 6. The number of aromatic nitrogens is 2. The molecule has 4 aromatic rings. The van der Waals surface area contributed by atoms with Gasteiger partial charge in [-0.05, 0) is 37.0 Å². The van der Waals surface area contributed by atoms with Gasteiger partial charge in [0.15, 0.2) is 0 Å². The van der Waals surface area contributed by atoms with Crippen LogP contribution in [-0.2, 0) is 13.0 Å². The minimum absolute atomic E-state index is 0.103. The lowest BCUT2D eigenvalue weighted by Gasteiger charge is -2.22. The number of carbonyl (C=O) groups excluding carboxylic acids is 1. The number of aryl methyl sites for hydroxylation is 1. The van der Waals surface area contributed by atoms with Gasteiger partial charge in [-0.25, -0.2) is 9.37 Å². The van der Waals surface area contributed by atoms with Gasteiger partial charge in [0.05, 0.1) is 10.3 Å². The van der Waals surface area contributed by atoms with Crippen LogP contribution in [0.4, 0.5) is 4.39 Å². The van der Waals surface area contributed by atoms with Crippen molar-refractivity contribution in [2.75, 3.05) is 0 Å². The van der Waals surface area contributed by atoms with Crippen molar-refractivity contribution >= 4 is 27.5 Å². The first kappa shape index (κ1) is 20.6. The van der Waals surface area contributed by atoms with Crippen LogP contribution in [0.25, 0.3) is 10.2 Å². The number of halogens is 1. The fraction of sp³-hybridized carbons (Fsp3) is 0.240. The number of thiophene rings is 1. The third-order valence-electron chi connectivity index (χ3n) is 5.81. The molecule has 0 spiro atoms. The van der Waals surface area contributed by atoms with Gasteiger partial charge >= 0.3 is 0 Å². The van der Waals surface area contributed by atoms with Crippen molar-refractivity contribution in [3.63, 3.8) is 0 Å². The van der Waals surface area contributed by atoms with Gasteiger partial charge in [0.25, 0.3) is 11.5 Å². The van der Waals surface area contributed by atoms with E-state index < -0.39 is 0 Å². The number of aromatic amines is 1. The standard InChI is InChI=1S/C25H22FN3O2S/c1-15-21-23(30)27-20(13-16-7-3-2-4-8-16)28-24(21)32-22(15)25(31)29(18-11-12-18)14-17-9-5-6-10-19(17)26/h2-10,18H,11-14H2,1H3,(H,27,28,30). The molecule has 0 atom stereocenters. The molecule has 7 heteroatoms. The van der Waals surface area contributed by atoms with Crippen LogP contribution in [0.15, 0.2) is 59.4 Å². The highest BCUT2D eigenvalue weighted by Gasteiger charge is 2.35. The van der Waals surface area contributed by atoms with Gasteiger partial charge in [0.2, 0.25) is 0 Å². The minimum Gasteiger partial charge on any atom is -0.331 e. The number of amides is 1. The Bertz CT molecular complexity index is 1360. The molecule has 0 aliphatic heterocycles. The molecule has 2 aromatic heterocycles. The van der Waals surface area contributed by atoms with Gasteiger partial charge in [0, 0.05) is 24.6 Å². The Morgan fingerprint density at radius 1 is 1.16 bits per heavy atom. The van der Waals surface area contributed by atoms with E-state index in [9.17, 15) is 14.0 Å². The van der Waals surface area contributed by atoms with Gasteiger partial charge < -0.3 is 9.88 Å². The molecule has 0 bridgehead atoms. The van der Waals surface area contributed by atoms with Crippen molar-refractivity contribution in [2.24, 2.45) is 0 Å². The maximum Gasteiger partial charge on any atom is 0.264 e. The molecule has 1 aliphatic carbocycles. The molecule has 0 radical (unpaired) electrons. The molecular formula is C25H22FN3O2S. The average Bonchev–Trinajstić information content (AvgIpc) is 3.56. The third-order valence-corrected chi connectivity index (χ3v) is 6.98. The van der Waals surface area contributed by atoms with Crippen molar-refractivity contribution in [2.45, 2.75) is 38.8 Å². The summed E-state index contributed by atoms with van der Waals surface area (Å²) in [5, 5.41) is 0.455. The number of hydrogen-bond donors (Lipinski definition) is 1. The summed E-state index contributed by atoms with van der Waals surface area (Å²) in [6, 6.07) is 16.4. The van der Waals surface area contributed by atoms with Gasteiger partial charge in [-0.15, -0.1) is 11.3 Å². The molecule has 5 rings (SSSR count). The molecule has 5 nitrogen and oxygen atoms in total. The number of benzene rings is 2. The molecule has 1 saturated carbocycles. The molecule has 32 heavy (non-hydrogen) atoms. The van der Waals surface area contributed by atoms with Crippen molar-refractivity contribution in [1.29, 1.82) is 0 Å². The summed E-state index contributed by atoms with van der Waals surface area (Å²) >= 11 is 1.24. The van der Waals surface area contributed by atoms with E-state index in [-0.39, 0.29) is 29.9 Å². The molecule has 1 aliphatic rings. The molecular weight excluding hydrogens is 425 g/mol. The van der Waals surface area contributed by atoms with Gasteiger partial charge in [-0.2, -0.15) is 0 Å². The SMILES string of the molecule is Cc1c(C(=O)N(Cc2ccccc2F)C2CC2)sc2nc(Cc3ccccc3)[nH]c(=O)c12. The molecule has 2 aromatic carbocycles. The predicted molar refractivity (Wildman–Crippen MR) is 124 cm³/mol. The third kappa shape index (κ3) is 3.96. The Morgan fingerprint density at radius 3 is 2.59 bits per heavy atom. The molecule has 1 amide bonds. The first-order chi connectivity index (χ1) is 15.5. The van der Waals surface area contributed by atoms with Crippen LogP contribution < -0.4 is 5.56 Å². The number of nitrogens with one attached hydrogen (secondary N) is 1. The topological polar surface area (TPSA) is 66.1 Å². The van der Waals surface area contributed by atoms with E-state index >= 15 is 0 Å². The van der Waals surface area contributed by atoms with E-state index in [1.807, 2.05) is 30.3 Å². The van der Waals surface area contributed by atoms with Gasteiger partial charge in [-0.3, -0.25) is 9.59 Å². The monoisotopic (exact) mass is 447 g/mol. The van der Waals surface area contributed by atoms with E-state index in [1.165, 1.54) is 17.4 Å². The lowest BCUT2D eigenvalue weighted by molar-refractivity contribution is 0.0732. The summed E-state index contributed by atoms with van der Waals surface area (Å²) < 4.78 is 14.2. The van der Waals surface area contributed by atoms with Crippen molar-refractivity contribution in [3.05, 3.63) is 98.2 Å². The van der Waals surface area contributed by atoms with E-state index in [0.717, 1.165) is 18.4 Å². The summed E-state index contributed by atoms with van der Waals surface area (Å²) in [7, 11) is 0. The second kappa shape index (κ2) is 8.31. The van der Waals surface area contributed by atoms with E-state index in [1.54, 1.807) is 30.0 Å². The lowest BCUT2D eigenvalue weighted by Crippen LogP contribution is -2.32. The Labute approximate surface area is 188 Å². The second-order valence-corrected chi connectivity index (χ2v) is 9.17. The fourth-order valence-electron chi connectivity index (χ4n) is 3.96. The zero-order chi connectivity index (χ0) is 22.2. The van der Waals surface area contributed by atoms with Crippen LogP contribution in [0, 0.1) is 12.7 Å². The number of H-pyrrole nitrogens is 1. The van der Waals surface area contributed by atoms with E-state index in [0.29, 0.717) is 38.5 Å². The van der Waals surface area contributed by atoms with Crippen LogP contribution in [0.2, 0.25) is 0 Å². The molecule has 162 valence electrons. The Morgan fingerprint density at radius 2 is 1.88 bits per heavy atom. The van der Waals surface area contributed by atoms with Crippen LogP contribution >= 0.6 is 11.3 Å². The highest BCUT2D eigenvalue weighted by Crippen LogP contribution is 2.34. The number of hydrogen-bond acceptors (Lipinski definition) is 4. The maximum absolute atomic E-state index is 14.2. The number of carbonyl (C=O) groups is 1. The molecule has 0 saturated heterocycles. The summed E-state index contributed by atoms with van der Waals surface area (Å²) in [5.41, 5.74) is 1.94. The Hall–Kier alpha value is -3.32. The summed E-state index contributed by atoms with van der Waals surface area (Å²) in [6.07, 6.45) is 2.32. The zero-order valence-electron chi connectivity index (χ0n) is 17.6. The predicted octanol–water partition coefficient (Wildman–Crippen LogP) is 4.83. The molecule has 1 N–H and O–H groups in total. The highest BCUT2D eigenvalue weighted by atomic mass is 32.1. The molecule has 0 unspecified atom stereocenters.